The maximum Gasteiger partial charge on any atom is 0.271 e. The van der Waals surface area contributed by atoms with Crippen molar-refractivity contribution in [3.63, 3.8) is 0 Å². The number of carbonyl (C=O) groups is 1. The van der Waals surface area contributed by atoms with E-state index in [9.17, 15) is 4.79 Å². The number of hydrogen-bond acceptors (Lipinski definition) is 5. The number of ether oxygens (including phenoxy) is 1. The van der Waals surface area contributed by atoms with Crippen molar-refractivity contribution in [1.82, 2.24) is 15.6 Å². The van der Waals surface area contributed by atoms with Crippen LogP contribution in [0.4, 0.5) is 0 Å². The maximum atomic E-state index is 11.9. The lowest BCUT2D eigenvalue weighted by Gasteiger charge is -2.28. The van der Waals surface area contributed by atoms with Gasteiger partial charge >= 0.3 is 0 Å². The average Bonchev–Trinajstić information content (AvgIpc) is 2.98. The molecule has 2 saturated heterocycles. The smallest absolute Gasteiger partial charge is 0.271 e. The number of thiazole rings is 1. The third kappa shape index (κ3) is 2.20. The van der Waals surface area contributed by atoms with E-state index >= 15 is 0 Å². The van der Waals surface area contributed by atoms with E-state index in [1.165, 1.54) is 11.3 Å². The second-order valence-corrected chi connectivity index (χ2v) is 5.16. The molecule has 1 aromatic rings. The fraction of sp³-hybridized carbons (Fsp3) is 0.636. The van der Waals surface area contributed by atoms with E-state index in [1.807, 2.05) is 0 Å². The molecular formula is C11H15N3O2S. The fourth-order valence-electron chi connectivity index (χ4n) is 2.51. The number of aromatic nitrogens is 1. The first-order valence-electron chi connectivity index (χ1n) is 5.88. The van der Waals surface area contributed by atoms with Crippen molar-refractivity contribution in [2.75, 3.05) is 13.2 Å². The van der Waals surface area contributed by atoms with Crippen LogP contribution in [0.5, 0.6) is 0 Å². The van der Waals surface area contributed by atoms with Gasteiger partial charge in [-0.1, -0.05) is 0 Å². The molecule has 0 unspecified atom stereocenters. The van der Waals surface area contributed by atoms with E-state index < -0.39 is 0 Å². The van der Waals surface area contributed by atoms with Crippen LogP contribution >= 0.6 is 11.3 Å². The van der Waals surface area contributed by atoms with Crippen LogP contribution in [0.15, 0.2) is 10.9 Å². The number of nitrogens with one attached hydrogen (secondary N) is 2. The molecule has 3 rings (SSSR count). The lowest BCUT2D eigenvalue weighted by atomic mass is 10.0. The summed E-state index contributed by atoms with van der Waals surface area (Å²) in [4.78, 5) is 15.9. The predicted molar refractivity (Wildman–Crippen MR) is 64.1 cm³/mol. The minimum atomic E-state index is -0.104. The summed E-state index contributed by atoms with van der Waals surface area (Å²) in [6.45, 7) is 1.58. The topological polar surface area (TPSA) is 63.2 Å². The van der Waals surface area contributed by atoms with Gasteiger partial charge in [0.25, 0.3) is 5.91 Å². The second-order valence-electron chi connectivity index (χ2n) is 4.45. The van der Waals surface area contributed by atoms with Crippen molar-refractivity contribution in [1.29, 1.82) is 0 Å². The van der Waals surface area contributed by atoms with Crippen LogP contribution in [-0.2, 0) is 4.74 Å². The monoisotopic (exact) mass is 253 g/mol. The van der Waals surface area contributed by atoms with E-state index in [2.05, 4.69) is 15.6 Å². The fourth-order valence-corrected chi connectivity index (χ4v) is 3.04. The standard InChI is InChI=1S/C11H15N3O2S/c15-11(9-5-17-6-13-9)14-8-4-12-7-2-1-3-16-10(7)8/h5-8,10,12H,1-4H2,(H,14,15)/t7-,8-,10+/m0/s1. The van der Waals surface area contributed by atoms with Crippen LogP contribution in [0, 0.1) is 0 Å². The van der Waals surface area contributed by atoms with E-state index in [4.69, 9.17) is 4.74 Å². The summed E-state index contributed by atoms with van der Waals surface area (Å²) < 4.78 is 5.74. The van der Waals surface area contributed by atoms with Gasteiger partial charge in [-0.2, -0.15) is 0 Å². The minimum Gasteiger partial charge on any atom is -0.374 e. The number of fused-ring (bicyclic) bond motifs is 1. The number of amides is 1. The Morgan fingerprint density at radius 2 is 2.59 bits per heavy atom. The SMILES string of the molecule is O=C(N[C@H]1CN[C@H]2CCCO[C@H]21)c1cscn1. The van der Waals surface area contributed by atoms with Crippen LogP contribution in [0.3, 0.4) is 0 Å². The van der Waals surface area contributed by atoms with Gasteiger partial charge in [0.2, 0.25) is 0 Å². The normalized spacial score (nSPS) is 32.1. The van der Waals surface area contributed by atoms with Gasteiger partial charge in [-0.05, 0) is 12.8 Å². The molecule has 0 radical (unpaired) electrons. The molecule has 1 aromatic heterocycles. The molecule has 17 heavy (non-hydrogen) atoms. The molecule has 2 aliphatic rings. The predicted octanol–water partition coefficient (Wildman–Crippen LogP) is 0.392. The average molecular weight is 253 g/mol. The third-order valence-electron chi connectivity index (χ3n) is 3.34. The highest BCUT2D eigenvalue weighted by atomic mass is 32.1. The molecule has 5 nitrogen and oxygen atoms in total. The molecule has 2 fully saturated rings. The highest BCUT2D eigenvalue weighted by molar-refractivity contribution is 7.07. The van der Waals surface area contributed by atoms with Gasteiger partial charge < -0.3 is 15.4 Å². The van der Waals surface area contributed by atoms with E-state index in [-0.39, 0.29) is 18.1 Å². The molecule has 3 atom stereocenters. The second kappa shape index (κ2) is 4.72. The van der Waals surface area contributed by atoms with Gasteiger partial charge in [0.05, 0.1) is 17.7 Å². The zero-order valence-corrected chi connectivity index (χ0v) is 10.2. The van der Waals surface area contributed by atoms with Crippen LogP contribution in [-0.4, -0.2) is 42.2 Å². The van der Waals surface area contributed by atoms with Crippen LogP contribution < -0.4 is 10.6 Å². The molecule has 0 spiro atoms. The van der Waals surface area contributed by atoms with Gasteiger partial charge in [-0.15, -0.1) is 11.3 Å². The van der Waals surface area contributed by atoms with E-state index in [1.54, 1.807) is 10.9 Å². The Morgan fingerprint density at radius 3 is 3.41 bits per heavy atom. The largest absolute Gasteiger partial charge is 0.374 e. The lowest BCUT2D eigenvalue weighted by molar-refractivity contribution is -0.00217. The third-order valence-corrected chi connectivity index (χ3v) is 3.93. The first kappa shape index (κ1) is 11.1. The quantitative estimate of drug-likeness (QED) is 0.800. The number of nitrogens with zero attached hydrogens (tertiary/aromatic N) is 1. The molecule has 3 heterocycles. The van der Waals surface area contributed by atoms with Crippen molar-refractivity contribution in [2.45, 2.75) is 31.0 Å². The Balaban J connectivity index is 1.64. The summed E-state index contributed by atoms with van der Waals surface area (Å²) in [6.07, 6.45) is 2.35. The van der Waals surface area contributed by atoms with Gasteiger partial charge in [0.1, 0.15) is 5.69 Å². The molecular weight excluding hydrogens is 238 g/mol. The van der Waals surface area contributed by atoms with Crippen molar-refractivity contribution in [2.24, 2.45) is 0 Å². The minimum absolute atomic E-state index is 0.0644. The van der Waals surface area contributed by atoms with Crippen molar-refractivity contribution >= 4 is 17.2 Å². The summed E-state index contributed by atoms with van der Waals surface area (Å²) >= 11 is 1.43. The molecule has 0 aromatic carbocycles. The number of carbonyl (C=O) groups excluding carboxylic acids is 1. The van der Waals surface area contributed by atoms with E-state index in [0.29, 0.717) is 11.7 Å². The molecule has 0 aliphatic carbocycles. The zero-order valence-electron chi connectivity index (χ0n) is 9.39. The van der Waals surface area contributed by atoms with Crippen LogP contribution in [0.1, 0.15) is 23.3 Å². The first-order valence-corrected chi connectivity index (χ1v) is 6.83. The van der Waals surface area contributed by atoms with Gasteiger partial charge in [-0.25, -0.2) is 4.98 Å². The Hall–Kier alpha value is -0.980. The van der Waals surface area contributed by atoms with Crippen molar-refractivity contribution < 1.29 is 9.53 Å². The van der Waals surface area contributed by atoms with Gasteiger partial charge in [0.15, 0.2) is 0 Å². The summed E-state index contributed by atoms with van der Waals surface area (Å²) in [5, 5.41) is 8.16. The Kier molecular flexibility index (Phi) is 3.09. The summed E-state index contributed by atoms with van der Waals surface area (Å²) in [7, 11) is 0. The molecule has 0 saturated carbocycles. The Labute approximate surface area is 104 Å². The Bertz CT molecular complexity index is 395. The van der Waals surface area contributed by atoms with E-state index in [0.717, 1.165) is 26.0 Å². The molecule has 92 valence electrons. The summed E-state index contributed by atoms with van der Waals surface area (Å²) in [5.74, 6) is -0.104. The number of rotatable bonds is 2. The van der Waals surface area contributed by atoms with Crippen LogP contribution in [0.2, 0.25) is 0 Å². The highest BCUT2D eigenvalue weighted by Crippen LogP contribution is 2.21. The lowest BCUT2D eigenvalue weighted by Crippen LogP contribution is -2.47. The van der Waals surface area contributed by atoms with Crippen molar-refractivity contribution in [3.05, 3.63) is 16.6 Å². The maximum absolute atomic E-state index is 11.9. The molecule has 1 amide bonds. The molecule has 0 bridgehead atoms. The van der Waals surface area contributed by atoms with Gasteiger partial charge in [-0.3, -0.25) is 4.79 Å². The highest BCUT2D eigenvalue weighted by Gasteiger charge is 2.39. The Morgan fingerprint density at radius 1 is 1.65 bits per heavy atom. The summed E-state index contributed by atoms with van der Waals surface area (Å²) in [6, 6.07) is 0.457. The molecule has 2 aliphatic heterocycles. The van der Waals surface area contributed by atoms with Crippen molar-refractivity contribution in [3.8, 4) is 0 Å². The van der Waals surface area contributed by atoms with Crippen LogP contribution in [0.25, 0.3) is 0 Å². The molecule has 2 N–H and O–H groups in total. The zero-order chi connectivity index (χ0) is 11.7. The van der Waals surface area contributed by atoms with Gasteiger partial charge in [0, 0.05) is 24.6 Å². The summed E-state index contributed by atoms with van der Waals surface area (Å²) in [5.41, 5.74) is 2.16. The molecule has 6 heteroatoms. The first-order chi connectivity index (χ1) is 8.34. The number of hydrogen-bond donors (Lipinski definition) is 2.